The van der Waals surface area contributed by atoms with Crippen molar-refractivity contribution in [1.29, 1.82) is 0 Å². The lowest BCUT2D eigenvalue weighted by Gasteiger charge is -2.27. The molecular weight excluding hydrogens is 258 g/mol. The molecule has 3 atom stereocenters. The second-order valence-electron chi connectivity index (χ2n) is 5.59. The molecule has 0 spiro atoms. The van der Waals surface area contributed by atoms with Crippen molar-refractivity contribution in [3.63, 3.8) is 0 Å². The quantitative estimate of drug-likeness (QED) is 0.808. The molecule has 1 aromatic heterocycles. The molecule has 1 aliphatic carbocycles. The van der Waals surface area contributed by atoms with Gasteiger partial charge in [0.1, 0.15) is 0 Å². The summed E-state index contributed by atoms with van der Waals surface area (Å²) in [6, 6.07) is 4.15. The number of ether oxygens (including phenoxy) is 1. The highest BCUT2D eigenvalue weighted by Crippen LogP contribution is 2.25. The Morgan fingerprint density at radius 1 is 1.53 bits per heavy atom. The monoisotopic (exact) mass is 283 g/mol. The molecule has 3 unspecified atom stereocenters. The van der Waals surface area contributed by atoms with Gasteiger partial charge >= 0.3 is 0 Å². The average Bonchev–Trinajstić information content (AvgIpc) is 2.90. The highest BCUT2D eigenvalue weighted by Gasteiger charge is 2.20. The van der Waals surface area contributed by atoms with E-state index in [1.54, 1.807) is 11.3 Å². The maximum absolute atomic E-state index is 9.89. The van der Waals surface area contributed by atoms with E-state index in [-0.39, 0.29) is 0 Å². The predicted octanol–water partition coefficient (Wildman–Crippen LogP) is 2.79. The van der Waals surface area contributed by atoms with Crippen molar-refractivity contribution >= 4 is 11.3 Å². The first-order valence-electron chi connectivity index (χ1n) is 7.27. The van der Waals surface area contributed by atoms with E-state index >= 15 is 0 Å². The average molecular weight is 283 g/mol. The van der Waals surface area contributed by atoms with Crippen LogP contribution in [-0.2, 0) is 11.3 Å². The van der Waals surface area contributed by atoms with Gasteiger partial charge in [-0.25, -0.2) is 0 Å². The molecule has 4 heteroatoms. The minimum absolute atomic E-state index is 0.357. The standard InChI is InChI=1S/C15H25NO2S/c1-12-4-2-5-14(8-12)18-11-13(17)9-16-10-15-6-3-7-19-15/h3,6-7,12-14,16-17H,2,4-5,8-11H2,1H3. The number of nitrogens with one attached hydrogen (secondary N) is 1. The zero-order valence-electron chi connectivity index (χ0n) is 11.7. The van der Waals surface area contributed by atoms with Crippen LogP contribution in [0, 0.1) is 5.92 Å². The van der Waals surface area contributed by atoms with E-state index in [9.17, 15) is 5.11 Å². The molecule has 0 bridgehead atoms. The van der Waals surface area contributed by atoms with Gasteiger partial charge in [0, 0.05) is 18.0 Å². The van der Waals surface area contributed by atoms with Gasteiger partial charge in [0.2, 0.25) is 0 Å². The van der Waals surface area contributed by atoms with Gasteiger partial charge in [0.25, 0.3) is 0 Å². The van der Waals surface area contributed by atoms with Crippen LogP contribution >= 0.6 is 11.3 Å². The topological polar surface area (TPSA) is 41.5 Å². The maximum atomic E-state index is 9.89. The molecule has 3 nitrogen and oxygen atoms in total. The second kappa shape index (κ2) is 8.00. The van der Waals surface area contributed by atoms with Crippen LogP contribution in [0.25, 0.3) is 0 Å². The van der Waals surface area contributed by atoms with Gasteiger partial charge in [-0.1, -0.05) is 25.8 Å². The molecule has 1 saturated carbocycles. The number of hydrogen-bond acceptors (Lipinski definition) is 4. The lowest BCUT2D eigenvalue weighted by molar-refractivity contribution is -0.0306. The number of aliphatic hydroxyl groups is 1. The summed E-state index contributed by atoms with van der Waals surface area (Å²) in [7, 11) is 0. The third-order valence-electron chi connectivity index (χ3n) is 3.67. The summed E-state index contributed by atoms with van der Waals surface area (Å²) in [5.74, 6) is 0.771. The van der Waals surface area contributed by atoms with Gasteiger partial charge < -0.3 is 15.2 Å². The Labute approximate surface area is 120 Å². The molecule has 2 N–H and O–H groups in total. The minimum atomic E-state index is -0.405. The Morgan fingerprint density at radius 3 is 3.16 bits per heavy atom. The predicted molar refractivity (Wildman–Crippen MR) is 79.4 cm³/mol. The van der Waals surface area contributed by atoms with Crippen molar-refractivity contribution in [2.75, 3.05) is 13.2 Å². The van der Waals surface area contributed by atoms with E-state index in [0.29, 0.717) is 19.3 Å². The van der Waals surface area contributed by atoms with Crippen molar-refractivity contribution in [1.82, 2.24) is 5.32 Å². The fourth-order valence-electron chi connectivity index (χ4n) is 2.61. The summed E-state index contributed by atoms with van der Waals surface area (Å²) in [6.45, 7) is 4.17. The molecule has 0 aromatic carbocycles. The Hall–Kier alpha value is -0.420. The fraction of sp³-hybridized carbons (Fsp3) is 0.733. The van der Waals surface area contributed by atoms with Gasteiger partial charge in [0.05, 0.1) is 18.8 Å². The number of thiophene rings is 1. The summed E-state index contributed by atoms with van der Waals surface area (Å²) < 4.78 is 5.82. The molecule has 1 fully saturated rings. The van der Waals surface area contributed by atoms with E-state index in [1.807, 2.05) is 6.07 Å². The lowest BCUT2D eigenvalue weighted by Crippen LogP contribution is -2.32. The Bertz CT molecular complexity index is 342. The van der Waals surface area contributed by atoms with Crippen LogP contribution in [0.3, 0.4) is 0 Å². The summed E-state index contributed by atoms with van der Waals surface area (Å²) in [5, 5.41) is 15.2. The normalized spacial score (nSPS) is 25.4. The van der Waals surface area contributed by atoms with Gasteiger partial charge in [-0.05, 0) is 30.2 Å². The first-order valence-corrected chi connectivity index (χ1v) is 8.14. The molecule has 108 valence electrons. The van der Waals surface area contributed by atoms with Gasteiger partial charge in [-0.3, -0.25) is 0 Å². The molecule has 0 aliphatic heterocycles. The van der Waals surface area contributed by atoms with Gasteiger partial charge in [0.15, 0.2) is 0 Å². The summed E-state index contributed by atoms with van der Waals surface area (Å²) in [4.78, 5) is 1.30. The first-order chi connectivity index (χ1) is 9.24. The molecule has 1 aromatic rings. The van der Waals surface area contributed by atoms with Crippen LogP contribution in [0.4, 0.5) is 0 Å². The van der Waals surface area contributed by atoms with Crippen LogP contribution in [-0.4, -0.2) is 30.5 Å². The highest BCUT2D eigenvalue weighted by atomic mass is 32.1. The number of hydrogen-bond donors (Lipinski definition) is 2. The van der Waals surface area contributed by atoms with Crippen molar-refractivity contribution in [3.05, 3.63) is 22.4 Å². The van der Waals surface area contributed by atoms with E-state index in [4.69, 9.17) is 4.74 Å². The maximum Gasteiger partial charge on any atom is 0.0897 e. The van der Waals surface area contributed by atoms with E-state index < -0.39 is 6.10 Å². The Kier molecular flexibility index (Phi) is 6.31. The van der Waals surface area contributed by atoms with Crippen LogP contribution < -0.4 is 5.32 Å². The van der Waals surface area contributed by atoms with E-state index in [0.717, 1.165) is 25.3 Å². The molecule has 2 rings (SSSR count). The zero-order valence-corrected chi connectivity index (χ0v) is 12.5. The molecule has 0 radical (unpaired) electrons. The first kappa shape index (κ1) is 15.0. The van der Waals surface area contributed by atoms with Gasteiger partial charge in [-0.15, -0.1) is 11.3 Å². The third kappa shape index (κ3) is 5.61. The SMILES string of the molecule is CC1CCCC(OCC(O)CNCc2cccs2)C1. The van der Waals surface area contributed by atoms with Crippen molar-refractivity contribution in [3.8, 4) is 0 Å². The van der Waals surface area contributed by atoms with Crippen LogP contribution in [0.15, 0.2) is 17.5 Å². The number of aliphatic hydroxyl groups excluding tert-OH is 1. The number of rotatable bonds is 7. The molecular formula is C15H25NO2S. The lowest BCUT2D eigenvalue weighted by atomic mass is 9.89. The molecule has 1 aliphatic rings. The highest BCUT2D eigenvalue weighted by molar-refractivity contribution is 7.09. The summed E-state index contributed by atoms with van der Waals surface area (Å²) in [6.07, 6.45) is 4.84. The van der Waals surface area contributed by atoms with Crippen LogP contribution in [0.5, 0.6) is 0 Å². The van der Waals surface area contributed by atoms with Crippen LogP contribution in [0.1, 0.15) is 37.5 Å². The van der Waals surface area contributed by atoms with Gasteiger partial charge in [-0.2, -0.15) is 0 Å². The second-order valence-corrected chi connectivity index (χ2v) is 6.62. The third-order valence-corrected chi connectivity index (χ3v) is 4.55. The largest absolute Gasteiger partial charge is 0.389 e. The smallest absolute Gasteiger partial charge is 0.0897 e. The van der Waals surface area contributed by atoms with Crippen molar-refractivity contribution in [2.45, 2.75) is 51.4 Å². The summed E-state index contributed by atoms with van der Waals surface area (Å²) in [5.41, 5.74) is 0. The van der Waals surface area contributed by atoms with E-state index in [2.05, 4.69) is 23.7 Å². The fourth-order valence-corrected chi connectivity index (χ4v) is 3.29. The molecule has 0 saturated heterocycles. The van der Waals surface area contributed by atoms with E-state index in [1.165, 1.54) is 17.7 Å². The van der Waals surface area contributed by atoms with Crippen molar-refractivity contribution < 1.29 is 9.84 Å². The Morgan fingerprint density at radius 2 is 2.42 bits per heavy atom. The molecule has 1 heterocycles. The minimum Gasteiger partial charge on any atom is -0.389 e. The Balaban J connectivity index is 1.55. The summed E-state index contributed by atoms with van der Waals surface area (Å²) >= 11 is 1.74. The molecule has 19 heavy (non-hydrogen) atoms. The van der Waals surface area contributed by atoms with Crippen molar-refractivity contribution in [2.24, 2.45) is 5.92 Å². The molecule has 0 amide bonds. The zero-order chi connectivity index (χ0) is 13.5. The van der Waals surface area contributed by atoms with Crippen LogP contribution in [0.2, 0.25) is 0 Å².